The zero-order chi connectivity index (χ0) is 11.5. The maximum Gasteiger partial charge on any atom is 0.289 e. The van der Waals surface area contributed by atoms with Crippen molar-refractivity contribution < 1.29 is 9.32 Å². The molecule has 0 saturated heterocycles. The number of nitrogens with zero attached hydrogens (tertiary/aromatic N) is 1. The van der Waals surface area contributed by atoms with Gasteiger partial charge in [0.15, 0.2) is 0 Å². The molecule has 16 heavy (non-hydrogen) atoms. The highest BCUT2D eigenvalue weighted by Crippen LogP contribution is 2.23. The van der Waals surface area contributed by atoms with E-state index in [4.69, 9.17) is 10.3 Å². The van der Waals surface area contributed by atoms with Crippen molar-refractivity contribution in [3.8, 4) is 0 Å². The second kappa shape index (κ2) is 4.65. The van der Waals surface area contributed by atoms with Crippen LogP contribution in [0.2, 0.25) is 0 Å². The van der Waals surface area contributed by atoms with Gasteiger partial charge in [-0.3, -0.25) is 4.79 Å². The van der Waals surface area contributed by atoms with E-state index in [0.29, 0.717) is 24.2 Å². The molecule has 1 aliphatic carbocycles. The monoisotopic (exact) mass is 223 g/mol. The summed E-state index contributed by atoms with van der Waals surface area (Å²) in [6.45, 7) is 2.46. The molecular formula is C11H17N3O2. The molecule has 1 saturated carbocycles. The number of aryl methyl sites for hydroxylation is 1. The van der Waals surface area contributed by atoms with E-state index in [1.54, 1.807) is 13.0 Å². The van der Waals surface area contributed by atoms with Crippen LogP contribution in [0.1, 0.15) is 35.5 Å². The van der Waals surface area contributed by atoms with E-state index >= 15 is 0 Å². The minimum absolute atomic E-state index is 0.193. The molecule has 3 N–H and O–H groups in total. The summed E-state index contributed by atoms with van der Waals surface area (Å²) in [7, 11) is 0. The van der Waals surface area contributed by atoms with E-state index in [1.807, 2.05) is 0 Å². The first-order valence-corrected chi connectivity index (χ1v) is 5.62. The Morgan fingerprint density at radius 3 is 3.06 bits per heavy atom. The number of hydrogen-bond acceptors (Lipinski definition) is 4. The maximum absolute atomic E-state index is 11.6. The van der Waals surface area contributed by atoms with Gasteiger partial charge in [-0.1, -0.05) is 5.16 Å². The third-order valence-electron chi connectivity index (χ3n) is 2.98. The number of nitrogens with two attached hydrogens (primary N) is 1. The zero-order valence-electron chi connectivity index (χ0n) is 9.40. The van der Waals surface area contributed by atoms with Crippen molar-refractivity contribution in [2.24, 2.45) is 11.7 Å². The Kier molecular flexibility index (Phi) is 3.24. The third kappa shape index (κ3) is 2.61. The van der Waals surface area contributed by atoms with Crippen LogP contribution in [0.4, 0.5) is 0 Å². The lowest BCUT2D eigenvalue weighted by Crippen LogP contribution is -2.28. The fourth-order valence-corrected chi connectivity index (χ4v) is 2.09. The van der Waals surface area contributed by atoms with Crippen LogP contribution in [0.5, 0.6) is 0 Å². The molecule has 0 unspecified atom stereocenters. The fraction of sp³-hybridized carbons (Fsp3) is 0.636. The predicted octanol–water partition coefficient (Wildman–Crippen LogP) is 0.840. The lowest BCUT2D eigenvalue weighted by atomic mass is 10.1. The van der Waals surface area contributed by atoms with Crippen molar-refractivity contribution in [3.05, 3.63) is 17.5 Å². The Balaban J connectivity index is 1.80. The molecule has 2 atom stereocenters. The lowest BCUT2D eigenvalue weighted by Gasteiger charge is -2.09. The normalized spacial score (nSPS) is 24.6. The Labute approximate surface area is 94.4 Å². The summed E-state index contributed by atoms with van der Waals surface area (Å²) in [5.41, 5.74) is 6.52. The van der Waals surface area contributed by atoms with E-state index in [-0.39, 0.29) is 11.7 Å². The van der Waals surface area contributed by atoms with Crippen molar-refractivity contribution in [1.29, 1.82) is 0 Å². The van der Waals surface area contributed by atoms with E-state index in [1.165, 1.54) is 0 Å². The largest absolute Gasteiger partial charge is 0.351 e. The van der Waals surface area contributed by atoms with Crippen molar-refractivity contribution in [2.45, 2.75) is 32.2 Å². The topological polar surface area (TPSA) is 81.2 Å². The number of carbonyl (C=O) groups is 1. The van der Waals surface area contributed by atoms with Gasteiger partial charge in [0.2, 0.25) is 5.76 Å². The quantitative estimate of drug-likeness (QED) is 0.795. The zero-order valence-corrected chi connectivity index (χ0v) is 9.40. The molecule has 0 aliphatic heterocycles. The van der Waals surface area contributed by atoms with Crippen LogP contribution in [0.25, 0.3) is 0 Å². The van der Waals surface area contributed by atoms with Crippen LogP contribution in [0.3, 0.4) is 0 Å². The summed E-state index contributed by atoms with van der Waals surface area (Å²) in [6, 6.07) is 1.94. The van der Waals surface area contributed by atoms with Crippen LogP contribution in [0.15, 0.2) is 10.6 Å². The lowest BCUT2D eigenvalue weighted by molar-refractivity contribution is 0.0910. The van der Waals surface area contributed by atoms with Crippen LogP contribution in [-0.2, 0) is 0 Å². The molecule has 1 aliphatic rings. The Bertz CT molecular complexity index is 375. The molecule has 0 radical (unpaired) electrons. The number of rotatable bonds is 3. The molecule has 1 heterocycles. The van der Waals surface area contributed by atoms with E-state index in [2.05, 4.69) is 10.5 Å². The average Bonchev–Trinajstić information content (AvgIpc) is 2.84. The molecule has 0 spiro atoms. The van der Waals surface area contributed by atoms with Gasteiger partial charge in [-0.25, -0.2) is 0 Å². The minimum Gasteiger partial charge on any atom is -0.351 e. The number of aromatic nitrogens is 1. The van der Waals surface area contributed by atoms with Gasteiger partial charge in [-0.15, -0.1) is 0 Å². The van der Waals surface area contributed by atoms with Crippen LogP contribution in [-0.4, -0.2) is 23.7 Å². The minimum atomic E-state index is -0.193. The van der Waals surface area contributed by atoms with E-state index in [0.717, 1.165) is 19.3 Å². The fourth-order valence-electron chi connectivity index (χ4n) is 2.09. The first kappa shape index (κ1) is 11.1. The summed E-state index contributed by atoms with van der Waals surface area (Å²) >= 11 is 0. The third-order valence-corrected chi connectivity index (χ3v) is 2.98. The summed E-state index contributed by atoms with van der Waals surface area (Å²) in [6.07, 6.45) is 3.15. The van der Waals surface area contributed by atoms with Crippen molar-refractivity contribution >= 4 is 5.91 Å². The molecule has 1 fully saturated rings. The smallest absolute Gasteiger partial charge is 0.289 e. The molecule has 2 rings (SSSR count). The van der Waals surface area contributed by atoms with Gasteiger partial charge in [0, 0.05) is 18.7 Å². The van der Waals surface area contributed by atoms with E-state index in [9.17, 15) is 4.79 Å². The molecular weight excluding hydrogens is 206 g/mol. The van der Waals surface area contributed by atoms with Gasteiger partial charge >= 0.3 is 0 Å². The number of amides is 1. The van der Waals surface area contributed by atoms with Gasteiger partial charge in [0.25, 0.3) is 5.91 Å². The van der Waals surface area contributed by atoms with Gasteiger partial charge in [-0.05, 0) is 32.1 Å². The SMILES string of the molecule is Cc1cc(C(=O)NC[C@@H]2CC[C@H](N)C2)on1. The Hall–Kier alpha value is -1.36. The molecule has 88 valence electrons. The molecule has 5 heteroatoms. The van der Waals surface area contributed by atoms with Gasteiger partial charge in [0.05, 0.1) is 5.69 Å². The second-order valence-corrected chi connectivity index (χ2v) is 4.48. The Morgan fingerprint density at radius 1 is 1.69 bits per heavy atom. The highest BCUT2D eigenvalue weighted by molar-refractivity contribution is 5.91. The van der Waals surface area contributed by atoms with Crippen LogP contribution < -0.4 is 11.1 Å². The summed E-state index contributed by atoms with van der Waals surface area (Å²) < 4.78 is 4.88. The highest BCUT2D eigenvalue weighted by atomic mass is 16.5. The van der Waals surface area contributed by atoms with Crippen molar-refractivity contribution in [3.63, 3.8) is 0 Å². The number of carbonyl (C=O) groups excluding carboxylic acids is 1. The molecule has 0 bridgehead atoms. The second-order valence-electron chi connectivity index (χ2n) is 4.48. The molecule has 1 aromatic rings. The van der Waals surface area contributed by atoms with Crippen LogP contribution in [0, 0.1) is 12.8 Å². The van der Waals surface area contributed by atoms with Crippen molar-refractivity contribution in [2.75, 3.05) is 6.54 Å². The maximum atomic E-state index is 11.6. The summed E-state index contributed by atoms with van der Waals surface area (Å²) in [5.74, 6) is 0.587. The standard InChI is InChI=1S/C11H17N3O2/c1-7-4-10(16-14-7)11(15)13-6-8-2-3-9(12)5-8/h4,8-9H,2-3,5-6,12H2,1H3,(H,13,15)/t8-,9+/m1/s1. The van der Waals surface area contributed by atoms with Gasteiger partial charge in [0.1, 0.15) is 0 Å². The first-order chi connectivity index (χ1) is 7.65. The number of hydrogen-bond donors (Lipinski definition) is 2. The van der Waals surface area contributed by atoms with Gasteiger partial charge in [-0.2, -0.15) is 0 Å². The molecule has 0 aromatic carbocycles. The first-order valence-electron chi connectivity index (χ1n) is 5.62. The predicted molar refractivity (Wildman–Crippen MR) is 58.9 cm³/mol. The van der Waals surface area contributed by atoms with Crippen molar-refractivity contribution in [1.82, 2.24) is 10.5 Å². The molecule has 1 amide bonds. The summed E-state index contributed by atoms with van der Waals surface area (Å²) in [4.78, 5) is 11.6. The molecule has 5 nitrogen and oxygen atoms in total. The average molecular weight is 223 g/mol. The summed E-state index contributed by atoms with van der Waals surface area (Å²) in [5, 5.41) is 6.52. The highest BCUT2D eigenvalue weighted by Gasteiger charge is 2.22. The molecule has 1 aromatic heterocycles. The van der Waals surface area contributed by atoms with E-state index < -0.39 is 0 Å². The Morgan fingerprint density at radius 2 is 2.50 bits per heavy atom. The van der Waals surface area contributed by atoms with Crippen LogP contribution >= 0.6 is 0 Å². The van der Waals surface area contributed by atoms with Gasteiger partial charge < -0.3 is 15.6 Å². The number of nitrogens with one attached hydrogen (secondary N) is 1.